The lowest BCUT2D eigenvalue weighted by Gasteiger charge is -2.14. The molecular formula is C19H23NO3. The van der Waals surface area contributed by atoms with Gasteiger partial charge in [0, 0.05) is 12.2 Å². The summed E-state index contributed by atoms with van der Waals surface area (Å²) in [6.45, 7) is 7.12. The van der Waals surface area contributed by atoms with Gasteiger partial charge in [0.1, 0.15) is 12.4 Å². The van der Waals surface area contributed by atoms with Crippen LogP contribution in [0.1, 0.15) is 27.0 Å². The summed E-state index contributed by atoms with van der Waals surface area (Å²) in [5.41, 5.74) is 4.56. The van der Waals surface area contributed by atoms with Crippen molar-refractivity contribution in [1.29, 1.82) is 0 Å². The maximum atomic E-state index is 11.8. The maximum Gasteiger partial charge on any atom is 0.339 e. The number of para-hydroxylation sites is 1. The molecular weight excluding hydrogens is 290 g/mol. The van der Waals surface area contributed by atoms with Crippen LogP contribution in [-0.4, -0.2) is 26.2 Å². The van der Waals surface area contributed by atoms with Crippen molar-refractivity contribution in [3.05, 3.63) is 58.7 Å². The van der Waals surface area contributed by atoms with Gasteiger partial charge >= 0.3 is 5.97 Å². The minimum Gasteiger partial charge on any atom is -0.491 e. The molecule has 0 aliphatic heterocycles. The predicted molar refractivity (Wildman–Crippen MR) is 92.4 cm³/mol. The lowest BCUT2D eigenvalue weighted by atomic mass is 10.1. The van der Waals surface area contributed by atoms with Gasteiger partial charge in [-0.2, -0.15) is 0 Å². The molecule has 0 amide bonds. The highest BCUT2D eigenvalue weighted by atomic mass is 16.5. The van der Waals surface area contributed by atoms with E-state index in [1.807, 2.05) is 57.2 Å². The van der Waals surface area contributed by atoms with Gasteiger partial charge in [-0.15, -0.1) is 0 Å². The molecule has 0 atom stereocenters. The molecule has 0 fully saturated rings. The fraction of sp³-hybridized carbons (Fsp3) is 0.316. The predicted octanol–water partition coefficient (Wildman–Crippen LogP) is 3.89. The Hall–Kier alpha value is -2.49. The van der Waals surface area contributed by atoms with Crippen molar-refractivity contribution in [3.63, 3.8) is 0 Å². The van der Waals surface area contributed by atoms with E-state index in [0.717, 1.165) is 28.1 Å². The minimum atomic E-state index is -0.341. The van der Waals surface area contributed by atoms with Crippen molar-refractivity contribution < 1.29 is 14.3 Å². The quantitative estimate of drug-likeness (QED) is 0.649. The molecule has 4 nitrogen and oxygen atoms in total. The van der Waals surface area contributed by atoms with Gasteiger partial charge in [0.2, 0.25) is 0 Å². The standard InChI is InChI=1S/C19H23NO3/c1-13-8-9-17(16(12-13)19(21)22-4)20-10-11-23-18-14(2)6-5-7-15(18)3/h5-9,12,20H,10-11H2,1-4H3. The SMILES string of the molecule is COC(=O)c1cc(C)ccc1NCCOc1c(C)cccc1C. The third-order valence-electron chi connectivity index (χ3n) is 3.65. The highest BCUT2D eigenvalue weighted by Crippen LogP contribution is 2.22. The summed E-state index contributed by atoms with van der Waals surface area (Å²) in [7, 11) is 1.39. The van der Waals surface area contributed by atoms with Crippen LogP contribution < -0.4 is 10.1 Å². The van der Waals surface area contributed by atoms with E-state index in [4.69, 9.17) is 9.47 Å². The second-order valence-corrected chi connectivity index (χ2v) is 5.54. The van der Waals surface area contributed by atoms with E-state index in [1.165, 1.54) is 7.11 Å². The second kappa shape index (κ2) is 7.68. The van der Waals surface area contributed by atoms with Crippen molar-refractivity contribution in [3.8, 4) is 5.75 Å². The molecule has 23 heavy (non-hydrogen) atoms. The average Bonchev–Trinajstić information content (AvgIpc) is 2.54. The summed E-state index contributed by atoms with van der Waals surface area (Å²) in [5, 5.41) is 3.24. The van der Waals surface area contributed by atoms with Crippen LogP contribution in [0, 0.1) is 20.8 Å². The Kier molecular flexibility index (Phi) is 5.63. The zero-order valence-electron chi connectivity index (χ0n) is 14.1. The molecule has 0 radical (unpaired) electrons. The number of carbonyl (C=O) groups is 1. The van der Waals surface area contributed by atoms with Crippen LogP contribution in [0.2, 0.25) is 0 Å². The Balaban J connectivity index is 1.98. The number of methoxy groups -OCH3 is 1. The summed E-state index contributed by atoms with van der Waals surface area (Å²) >= 11 is 0. The first kappa shape index (κ1) is 16.9. The number of anilines is 1. The molecule has 4 heteroatoms. The van der Waals surface area contributed by atoms with E-state index in [9.17, 15) is 4.79 Å². The fourth-order valence-corrected chi connectivity index (χ4v) is 2.46. The summed E-state index contributed by atoms with van der Waals surface area (Å²) in [6.07, 6.45) is 0. The Morgan fingerprint density at radius 3 is 2.43 bits per heavy atom. The van der Waals surface area contributed by atoms with Gasteiger partial charge in [-0.1, -0.05) is 29.8 Å². The lowest BCUT2D eigenvalue weighted by Crippen LogP contribution is -2.15. The Morgan fingerprint density at radius 1 is 1.09 bits per heavy atom. The van der Waals surface area contributed by atoms with Crippen LogP contribution in [0.3, 0.4) is 0 Å². The highest BCUT2D eigenvalue weighted by Gasteiger charge is 2.11. The zero-order valence-corrected chi connectivity index (χ0v) is 14.1. The normalized spacial score (nSPS) is 10.3. The van der Waals surface area contributed by atoms with E-state index >= 15 is 0 Å². The van der Waals surface area contributed by atoms with Crippen LogP contribution in [0.5, 0.6) is 5.75 Å². The van der Waals surface area contributed by atoms with Crippen LogP contribution in [0.25, 0.3) is 0 Å². The van der Waals surface area contributed by atoms with Gasteiger partial charge in [-0.3, -0.25) is 0 Å². The molecule has 0 aliphatic carbocycles. The molecule has 0 saturated carbocycles. The molecule has 2 aromatic carbocycles. The summed E-state index contributed by atoms with van der Waals surface area (Å²) < 4.78 is 10.7. The molecule has 0 saturated heterocycles. The highest BCUT2D eigenvalue weighted by molar-refractivity contribution is 5.95. The van der Waals surface area contributed by atoms with Gasteiger partial charge in [-0.05, 0) is 44.0 Å². The van der Waals surface area contributed by atoms with Crippen molar-refractivity contribution in [2.24, 2.45) is 0 Å². The van der Waals surface area contributed by atoms with Crippen LogP contribution in [0.4, 0.5) is 5.69 Å². The first-order chi connectivity index (χ1) is 11.0. The Bertz CT molecular complexity index is 675. The molecule has 0 unspecified atom stereocenters. The van der Waals surface area contributed by atoms with Gasteiger partial charge in [0.15, 0.2) is 0 Å². The molecule has 0 aliphatic rings. The number of rotatable bonds is 6. The Morgan fingerprint density at radius 2 is 1.78 bits per heavy atom. The van der Waals surface area contributed by atoms with Crippen LogP contribution >= 0.6 is 0 Å². The van der Waals surface area contributed by atoms with Crippen molar-refractivity contribution in [2.45, 2.75) is 20.8 Å². The van der Waals surface area contributed by atoms with E-state index in [2.05, 4.69) is 5.32 Å². The molecule has 2 rings (SSSR count). The van der Waals surface area contributed by atoms with Crippen LogP contribution in [-0.2, 0) is 4.74 Å². The molecule has 1 N–H and O–H groups in total. The zero-order chi connectivity index (χ0) is 16.8. The first-order valence-corrected chi connectivity index (χ1v) is 7.64. The van der Waals surface area contributed by atoms with Gasteiger partial charge in [-0.25, -0.2) is 4.79 Å². The lowest BCUT2D eigenvalue weighted by molar-refractivity contribution is 0.0601. The van der Waals surface area contributed by atoms with Crippen molar-refractivity contribution in [1.82, 2.24) is 0 Å². The maximum absolute atomic E-state index is 11.8. The molecule has 0 spiro atoms. The molecule has 2 aromatic rings. The molecule has 0 bridgehead atoms. The summed E-state index contributed by atoms with van der Waals surface area (Å²) in [5.74, 6) is 0.582. The minimum absolute atomic E-state index is 0.341. The van der Waals surface area contributed by atoms with Gasteiger partial charge < -0.3 is 14.8 Å². The largest absolute Gasteiger partial charge is 0.491 e. The summed E-state index contributed by atoms with van der Waals surface area (Å²) in [4.78, 5) is 11.8. The van der Waals surface area contributed by atoms with Crippen molar-refractivity contribution >= 4 is 11.7 Å². The Labute approximate surface area is 137 Å². The summed E-state index contributed by atoms with van der Waals surface area (Å²) in [6, 6.07) is 11.8. The van der Waals surface area contributed by atoms with Gasteiger partial charge in [0.25, 0.3) is 0 Å². The second-order valence-electron chi connectivity index (χ2n) is 5.54. The number of nitrogens with one attached hydrogen (secondary N) is 1. The number of benzene rings is 2. The van der Waals surface area contributed by atoms with Crippen LogP contribution in [0.15, 0.2) is 36.4 Å². The monoisotopic (exact) mass is 313 g/mol. The topological polar surface area (TPSA) is 47.6 Å². The number of aryl methyl sites for hydroxylation is 3. The van der Waals surface area contributed by atoms with Gasteiger partial charge in [0.05, 0.1) is 12.7 Å². The molecule has 0 aromatic heterocycles. The number of carbonyl (C=O) groups excluding carboxylic acids is 1. The average molecular weight is 313 g/mol. The van der Waals surface area contributed by atoms with E-state index in [-0.39, 0.29) is 5.97 Å². The van der Waals surface area contributed by atoms with E-state index < -0.39 is 0 Å². The third-order valence-corrected chi connectivity index (χ3v) is 3.65. The molecule has 122 valence electrons. The third kappa shape index (κ3) is 4.25. The number of esters is 1. The number of ether oxygens (including phenoxy) is 2. The molecule has 0 heterocycles. The van der Waals surface area contributed by atoms with Crippen molar-refractivity contribution in [2.75, 3.05) is 25.6 Å². The smallest absolute Gasteiger partial charge is 0.339 e. The fourth-order valence-electron chi connectivity index (χ4n) is 2.46. The number of hydrogen-bond donors (Lipinski definition) is 1. The first-order valence-electron chi connectivity index (χ1n) is 7.64. The van der Waals surface area contributed by atoms with E-state index in [0.29, 0.717) is 18.7 Å². The number of hydrogen-bond acceptors (Lipinski definition) is 4. The van der Waals surface area contributed by atoms with E-state index in [1.54, 1.807) is 0 Å².